The molecule has 3 rings (SSSR count). The third-order valence-corrected chi connectivity index (χ3v) is 3.23. The molecular formula is C18H13F2N3O3. The number of carbonyl (C=O) groups excluding carboxylic acids is 1. The zero-order chi connectivity index (χ0) is 18.5. The van der Waals surface area contributed by atoms with Crippen LogP contribution in [0.2, 0.25) is 0 Å². The molecular weight excluding hydrogens is 344 g/mol. The maximum Gasteiger partial charge on any atom is 0.364 e. The highest BCUT2D eigenvalue weighted by atomic mass is 19.1. The molecule has 0 bridgehead atoms. The Morgan fingerprint density at radius 3 is 2.50 bits per heavy atom. The molecule has 0 atom stereocenters. The average molecular weight is 357 g/mol. The lowest BCUT2D eigenvalue weighted by Crippen LogP contribution is -2.12. The summed E-state index contributed by atoms with van der Waals surface area (Å²) in [6, 6.07) is 10.7. The van der Waals surface area contributed by atoms with E-state index in [1.165, 1.54) is 42.5 Å². The topological polar surface area (TPSA) is 74.2 Å². The van der Waals surface area contributed by atoms with E-state index in [9.17, 15) is 13.6 Å². The minimum Gasteiger partial charge on any atom is -0.461 e. The van der Waals surface area contributed by atoms with Gasteiger partial charge < -0.3 is 9.47 Å². The Morgan fingerprint density at radius 2 is 1.81 bits per heavy atom. The highest BCUT2D eigenvalue weighted by Gasteiger charge is 2.21. The molecule has 0 aliphatic heterocycles. The van der Waals surface area contributed by atoms with Crippen LogP contribution in [0, 0.1) is 11.6 Å². The number of halogens is 2. The van der Waals surface area contributed by atoms with Gasteiger partial charge in [-0.25, -0.2) is 13.6 Å². The van der Waals surface area contributed by atoms with Crippen LogP contribution < -0.4 is 4.74 Å². The first-order valence-electron chi connectivity index (χ1n) is 7.68. The third-order valence-electron chi connectivity index (χ3n) is 3.23. The number of nitrogens with zero attached hydrogens (tertiary/aromatic N) is 3. The summed E-state index contributed by atoms with van der Waals surface area (Å²) < 4.78 is 36.9. The minimum atomic E-state index is -0.768. The minimum absolute atomic E-state index is 0.0645. The largest absolute Gasteiger partial charge is 0.461 e. The van der Waals surface area contributed by atoms with Crippen molar-refractivity contribution >= 4 is 5.97 Å². The molecule has 0 aliphatic rings. The maximum absolute atomic E-state index is 13.4. The highest BCUT2D eigenvalue weighted by Crippen LogP contribution is 2.25. The monoisotopic (exact) mass is 357 g/mol. The summed E-state index contributed by atoms with van der Waals surface area (Å²) >= 11 is 0. The molecule has 132 valence electrons. The summed E-state index contributed by atoms with van der Waals surface area (Å²) in [7, 11) is 0. The molecule has 2 aromatic carbocycles. The second-order valence-corrected chi connectivity index (χ2v) is 5.08. The van der Waals surface area contributed by atoms with Gasteiger partial charge in [0, 0.05) is 5.56 Å². The van der Waals surface area contributed by atoms with Gasteiger partial charge in [0.1, 0.15) is 17.4 Å². The van der Waals surface area contributed by atoms with E-state index in [1.807, 2.05) is 0 Å². The standard InChI is InChI=1S/C18H13F2N3O3/c1-2-25-18(24)15-17(26-14-8-6-12(19)7-9-14)21-16(23-22-15)11-4-3-5-13(20)10-11/h3-10H,2H2,1H3. The first-order valence-corrected chi connectivity index (χ1v) is 7.68. The summed E-state index contributed by atoms with van der Waals surface area (Å²) in [5.74, 6) is -1.55. The fraction of sp³-hybridized carbons (Fsp3) is 0.111. The molecule has 0 amide bonds. The molecule has 0 radical (unpaired) electrons. The summed E-state index contributed by atoms with van der Waals surface area (Å²) in [4.78, 5) is 16.2. The van der Waals surface area contributed by atoms with Crippen molar-refractivity contribution in [1.82, 2.24) is 15.2 Å². The van der Waals surface area contributed by atoms with Crippen LogP contribution in [0.25, 0.3) is 11.4 Å². The molecule has 0 N–H and O–H groups in total. The van der Waals surface area contributed by atoms with E-state index in [0.717, 1.165) is 0 Å². The van der Waals surface area contributed by atoms with Crippen molar-refractivity contribution in [2.24, 2.45) is 0 Å². The van der Waals surface area contributed by atoms with E-state index in [-0.39, 0.29) is 29.8 Å². The van der Waals surface area contributed by atoms with Gasteiger partial charge in [0.2, 0.25) is 5.69 Å². The van der Waals surface area contributed by atoms with Gasteiger partial charge in [0.25, 0.3) is 5.88 Å². The molecule has 8 heteroatoms. The Hall–Kier alpha value is -3.42. The fourth-order valence-electron chi connectivity index (χ4n) is 2.07. The Morgan fingerprint density at radius 1 is 1.04 bits per heavy atom. The lowest BCUT2D eigenvalue weighted by molar-refractivity contribution is 0.0514. The fourth-order valence-corrected chi connectivity index (χ4v) is 2.07. The average Bonchev–Trinajstić information content (AvgIpc) is 2.64. The van der Waals surface area contributed by atoms with Crippen molar-refractivity contribution in [2.75, 3.05) is 6.61 Å². The van der Waals surface area contributed by atoms with E-state index in [4.69, 9.17) is 9.47 Å². The lowest BCUT2D eigenvalue weighted by atomic mass is 10.2. The molecule has 0 aliphatic carbocycles. The molecule has 0 unspecified atom stereocenters. The number of ether oxygens (including phenoxy) is 2. The van der Waals surface area contributed by atoms with E-state index >= 15 is 0 Å². The maximum atomic E-state index is 13.4. The smallest absolute Gasteiger partial charge is 0.364 e. The van der Waals surface area contributed by atoms with Crippen molar-refractivity contribution in [1.29, 1.82) is 0 Å². The Kier molecular flexibility index (Phi) is 5.12. The SMILES string of the molecule is CCOC(=O)c1nnc(-c2cccc(F)c2)nc1Oc1ccc(F)cc1. The Labute approximate surface area is 147 Å². The number of carbonyl (C=O) groups is 1. The zero-order valence-electron chi connectivity index (χ0n) is 13.6. The van der Waals surface area contributed by atoms with Crippen molar-refractivity contribution < 1.29 is 23.0 Å². The summed E-state index contributed by atoms with van der Waals surface area (Å²) in [6.07, 6.45) is 0. The van der Waals surface area contributed by atoms with Gasteiger partial charge in [-0.1, -0.05) is 12.1 Å². The van der Waals surface area contributed by atoms with Gasteiger partial charge in [-0.15, -0.1) is 10.2 Å². The number of esters is 1. The van der Waals surface area contributed by atoms with E-state index in [0.29, 0.717) is 5.56 Å². The number of rotatable bonds is 5. The van der Waals surface area contributed by atoms with E-state index in [2.05, 4.69) is 15.2 Å². The van der Waals surface area contributed by atoms with Crippen LogP contribution in [-0.4, -0.2) is 27.8 Å². The van der Waals surface area contributed by atoms with Gasteiger partial charge in [0.15, 0.2) is 5.82 Å². The quantitative estimate of drug-likeness (QED) is 0.647. The van der Waals surface area contributed by atoms with Gasteiger partial charge in [-0.2, -0.15) is 4.98 Å². The summed E-state index contributed by atoms with van der Waals surface area (Å²) in [5, 5.41) is 7.65. The lowest BCUT2D eigenvalue weighted by Gasteiger charge is -2.10. The third kappa shape index (κ3) is 3.97. The van der Waals surface area contributed by atoms with Crippen LogP contribution >= 0.6 is 0 Å². The van der Waals surface area contributed by atoms with Crippen LogP contribution in [0.4, 0.5) is 8.78 Å². The van der Waals surface area contributed by atoms with Crippen molar-refractivity contribution in [3.63, 3.8) is 0 Å². The number of benzene rings is 2. The Balaban J connectivity index is 2.02. The molecule has 1 aromatic heterocycles. The highest BCUT2D eigenvalue weighted by molar-refractivity contribution is 5.89. The predicted molar refractivity (Wildman–Crippen MR) is 87.7 cm³/mol. The predicted octanol–water partition coefficient (Wildman–Crippen LogP) is 3.79. The molecule has 0 saturated carbocycles. The van der Waals surface area contributed by atoms with Crippen LogP contribution in [0.5, 0.6) is 11.6 Å². The van der Waals surface area contributed by atoms with Gasteiger partial charge in [-0.05, 0) is 43.3 Å². The van der Waals surface area contributed by atoms with Crippen LogP contribution in [-0.2, 0) is 4.74 Å². The molecule has 0 saturated heterocycles. The number of hydrogen-bond donors (Lipinski definition) is 0. The molecule has 1 heterocycles. The normalized spacial score (nSPS) is 10.4. The van der Waals surface area contributed by atoms with Gasteiger partial charge >= 0.3 is 5.97 Å². The van der Waals surface area contributed by atoms with Crippen molar-refractivity contribution in [2.45, 2.75) is 6.92 Å². The summed E-state index contributed by atoms with van der Waals surface area (Å²) in [5.41, 5.74) is 0.119. The molecule has 0 fully saturated rings. The number of aromatic nitrogens is 3. The summed E-state index contributed by atoms with van der Waals surface area (Å²) in [6.45, 7) is 1.77. The molecule has 6 nitrogen and oxygen atoms in total. The molecule has 3 aromatic rings. The second kappa shape index (κ2) is 7.64. The first kappa shape index (κ1) is 17.4. The number of hydrogen-bond acceptors (Lipinski definition) is 6. The second-order valence-electron chi connectivity index (χ2n) is 5.08. The van der Waals surface area contributed by atoms with E-state index in [1.54, 1.807) is 13.0 Å². The molecule has 26 heavy (non-hydrogen) atoms. The first-order chi connectivity index (χ1) is 12.6. The van der Waals surface area contributed by atoms with Crippen molar-refractivity contribution in [3.8, 4) is 23.0 Å². The van der Waals surface area contributed by atoms with Crippen molar-refractivity contribution in [3.05, 3.63) is 65.9 Å². The van der Waals surface area contributed by atoms with Crippen LogP contribution in [0.1, 0.15) is 17.4 Å². The van der Waals surface area contributed by atoms with Gasteiger partial charge in [-0.3, -0.25) is 0 Å². The Bertz CT molecular complexity index is 933. The zero-order valence-corrected chi connectivity index (χ0v) is 13.6. The van der Waals surface area contributed by atoms with Gasteiger partial charge in [0.05, 0.1) is 6.61 Å². The van der Waals surface area contributed by atoms with Crippen LogP contribution in [0.3, 0.4) is 0 Å². The molecule has 0 spiro atoms. The van der Waals surface area contributed by atoms with Crippen LogP contribution in [0.15, 0.2) is 48.5 Å². The van der Waals surface area contributed by atoms with E-state index < -0.39 is 17.6 Å².